The Morgan fingerprint density at radius 3 is 2.40 bits per heavy atom. The Morgan fingerprint density at radius 2 is 1.73 bits per heavy atom. The fourth-order valence-corrected chi connectivity index (χ4v) is 3.25. The van der Waals surface area contributed by atoms with E-state index in [0.717, 1.165) is 16.7 Å². The molecule has 2 heterocycles. The molecule has 0 aliphatic rings. The van der Waals surface area contributed by atoms with E-state index in [1.165, 1.54) is 0 Å². The fourth-order valence-electron chi connectivity index (χ4n) is 3.25. The van der Waals surface area contributed by atoms with Gasteiger partial charge in [0.15, 0.2) is 0 Å². The average Bonchev–Trinajstić information content (AvgIpc) is 3.10. The summed E-state index contributed by atoms with van der Waals surface area (Å²) in [5, 5.41) is 7.43. The van der Waals surface area contributed by atoms with Crippen molar-refractivity contribution < 1.29 is 14.1 Å². The number of carbonyl (C=O) groups is 2. The lowest BCUT2D eigenvalue weighted by atomic mass is 10.0. The first kappa shape index (κ1) is 19.3. The van der Waals surface area contributed by atoms with E-state index in [9.17, 15) is 9.59 Å². The molecule has 7 nitrogen and oxygen atoms in total. The van der Waals surface area contributed by atoms with Gasteiger partial charge in [0.1, 0.15) is 0 Å². The Morgan fingerprint density at radius 1 is 1.03 bits per heavy atom. The predicted octanol–water partition coefficient (Wildman–Crippen LogP) is 3.79. The number of hydrogen-bond acceptors (Lipinski definition) is 5. The first-order chi connectivity index (χ1) is 14.4. The zero-order valence-corrected chi connectivity index (χ0v) is 16.6. The van der Waals surface area contributed by atoms with E-state index in [2.05, 4.69) is 15.5 Å². The van der Waals surface area contributed by atoms with Crippen molar-refractivity contribution >= 4 is 28.6 Å². The first-order valence-electron chi connectivity index (χ1n) is 9.43. The molecule has 2 aromatic heterocycles. The minimum Gasteiger partial charge on any atom is -0.369 e. The number of pyridine rings is 1. The molecule has 0 radical (unpaired) electrons. The summed E-state index contributed by atoms with van der Waals surface area (Å²) in [6.07, 6.45) is 0.152. The predicted molar refractivity (Wildman–Crippen MR) is 114 cm³/mol. The molecule has 2 aromatic carbocycles. The van der Waals surface area contributed by atoms with Crippen LogP contribution in [-0.2, 0) is 11.2 Å². The summed E-state index contributed by atoms with van der Waals surface area (Å²) >= 11 is 0. The summed E-state index contributed by atoms with van der Waals surface area (Å²) in [6.45, 7) is 3.78. The maximum absolute atomic E-state index is 13.1. The van der Waals surface area contributed by atoms with Crippen LogP contribution in [0.2, 0.25) is 0 Å². The quantitative estimate of drug-likeness (QED) is 0.529. The van der Waals surface area contributed by atoms with Gasteiger partial charge in [0.05, 0.1) is 28.8 Å². The Balaban J connectivity index is 1.69. The monoisotopic (exact) mass is 400 g/mol. The number of fused-ring (bicyclic) bond motifs is 1. The summed E-state index contributed by atoms with van der Waals surface area (Å²) < 4.78 is 5.34. The van der Waals surface area contributed by atoms with E-state index in [0.29, 0.717) is 33.7 Å². The van der Waals surface area contributed by atoms with Crippen LogP contribution in [0.3, 0.4) is 0 Å². The molecule has 0 unspecified atom stereocenters. The molecule has 0 fully saturated rings. The molecule has 0 aliphatic heterocycles. The second kappa shape index (κ2) is 7.79. The molecule has 7 heteroatoms. The van der Waals surface area contributed by atoms with E-state index in [4.69, 9.17) is 10.3 Å². The molecule has 150 valence electrons. The van der Waals surface area contributed by atoms with Crippen molar-refractivity contribution in [2.24, 2.45) is 5.73 Å². The molecular formula is C23H20N4O3. The van der Waals surface area contributed by atoms with Crippen LogP contribution in [0.5, 0.6) is 0 Å². The van der Waals surface area contributed by atoms with Crippen molar-refractivity contribution in [2.75, 3.05) is 5.32 Å². The molecule has 0 saturated heterocycles. The largest absolute Gasteiger partial charge is 0.369 e. The van der Waals surface area contributed by atoms with Crippen molar-refractivity contribution in [3.05, 3.63) is 77.0 Å². The van der Waals surface area contributed by atoms with Crippen molar-refractivity contribution in [2.45, 2.75) is 20.3 Å². The molecule has 0 atom stereocenters. The van der Waals surface area contributed by atoms with Gasteiger partial charge in [-0.1, -0.05) is 47.1 Å². The van der Waals surface area contributed by atoms with Gasteiger partial charge in [-0.2, -0.15) is 0 Å². The molecule has 0 bridgehead atoms. The Bertz CT molecular complexity index is 1240. The van der Waals surface area contributed by atoms with Crippen LogP contribution < -0.4 is 11.1 Å². The van der Waals surface area contributed by atoms with Gasteiger partial charge in [-0.25, -0.2) is 4.98 Å². The van der Waals surface area contributed by atoms with Crippen LogP contribution in [-0.4, -0.2) is 22.0 Å². The average molecular weight is 400 g/mol. The number of anilines is 1. The summed E-state index contributed by atoms with van der Waals surface area (Å²) in [5.74, 6) is -0.706. The Kier molecular flexibility index (Phi) is 5.02. The van der Waals surface area contributed by atoms with Gasteiger partial charge in [-0.3, -0.25) is 9.59 Å². The molecule has 4 rings (SSSR count). The van der Waals surface area contributed by atoms with E-state index in [1.807, 2.05) is 31.2 Å². The molecule has 0 spiro atoms. The molecule has 0 aliphatic carbocycles. The highest BCUT2D eigenvalue weighted by molar-refractivity contribution is 6.13. The molecule has 4 aromatic rings. The maximum Gasteiger partial charge on any atom is 0.259 e. The molecule has 0 saturated carbocycles. The van der Waals surface area contributed by atoms with Gasteiger partial charge >= 0.3 is 0 Å². The number of nitrogens with two attached hydrogens (primary N) is 1. The van der Waals surface area contributed by atoms with Crippen molar-refractivity contribution in [1.29, 1.82) is 0 Å². The Labute approximate surface area is 172 Å². The van der Waals surface area contributed by atoms with Crippen molar-refractivity contribution in [3.8, 4) is 11.3 Å². The van der Waals surface area contributed by atoms with Crippen LogP contribution in [0.25, 0.3) is 22.4 Å². The van der Waals surface area contributed by atoms with Crippen LogP contribution >= 0.6 is 0 Å². The number of aryl methyl sites for hydroxylation is 2. The normalized spacial score (nSPS) is 10.9. The Hall–Kier alpha value is -4.00. The number of amides is 2. The number of primary amides is 1. The smallest absolute Gasteiger partial charge is 0.259 e. The van der Waals surface area contributed by atoms with E-state index in [-0.39, 0.29) is 12.3 Å². The number of benzene rings is 2. The van der Waals surface area contributed by atoms with Crippen LogP contribution in [0, 0.1) is 13.8 Å². The number of nitrogens with zero attached hydrogens (tertiary/aromatic N) is 2. The number of nitrogens with one attached hydrogen (secondary N) is 1. The van der Waals surface area contributed by atoms with Crippen molar-refractivity contribution in [1.82, 2.24) is 10.1 Å². The minimum absolute atomic E-state index is 0.152. The maximum atomic E-state index is 13.1. The van der Waals surface area contributed by atoms with Gasteiger partial charge in [0.25, 0.3) is 11.6 Å². The van der Waals surface area contributed by atoms with Gasteiger partial charge < -0.3 is 15.6 Å². The number of hydrogen-bond donors (Lipinski definition) is 2. The van der Waals surface area contributed by atoms with Crippen LogP contribution in [0.4, 0.5) is 5.69 Å². The second-order valence-corrected chi connectivity index (χ2v) is 7.16. The second-order valence-electron chi connectivity index (χ2n) is 7.16. The third-order valence-electron chi connectivity index (χ3n) is 4.80. The summed E-state index contributed by atoms with van der Waals surface area (Å²) in [6, 6.07) is 16.6. The number of rotatable bonds is 5. The fraction of sp³-hybridized carbons (Fsp3) is 0.130. The van der Waals surface area contributed by atoms with E-state index < -0.39 is 5.91 Å². The molecule has 30 heavy (non-hydrogen) atoms. The lowest BCUT2D eigenvalue weighted by Gasteiger charge is -2.09. The van der Waals surface area contributed by atoms with E-state index >= 15 is 0 Å². The highest BCUT2D eigenvalue weighted by Gasteiger charge is 2.19. The zero-order valence-electron chi connectivity index (χ0n) is 16.6. The van der Waals surface area contributed by atoms with Crippen molar-refractivity contribution in [3.63, 3.8) is 0 Å². The standard InChI is InChI=1S/C23H20N4O3/c1-13-3-7-16(8-4-13)19-12-18(21-14(2)27-30-23(21)26-19)22(29)25-17-9-5-15(6-10-17)11-20(24)28/h3-10,12H,11H2,1-2H3,(H2,24,28)(H,25,29). The zero-order chi connectivity index (χ0) is 21.3. The molecule has 2 amide bonds. The lowest BCUT2D eigenvalue weighted by Crippen LogP contribution is -2.14. The van der Waals surface area contributed by atoms with E-state index in [1.54, 1.807) is 37.3 Å². The van der Waals surface area contributed by atoms with Gasteiger partial charge in [0, 0.05) is 11.3 Å². The molecular weight excluding hydrogens is 380 g/mol. The van der Waals surface area contributed by atoms with Crippen LogP contribution in [0.15, 0.2) is 59.1 Å². The third-order valence-corrected chi connectivity index (χ3v) is 4.80. The highest BCUT2D eigenvalue weighted by atomic mass is 16.5. The van der Waals surface area contributed by atoms with Gasteiger partial charge in [-0.15, -0.1) is 0 Å². The minimum atomic E-state index is -0.405. The topological polar surface area (TPSA) is 111 Å². The SMILES string of the molecule is Cc1ccc(-c2cc(C(=O)Nc3ccc(CC(N)=O)cc3)c3c(C)noc3n2)cc1. The summed E-state index contributed by atoms with van der Waals surface area (Å²) in [4.78, 5) is 28.7. The van der Waals surface area contributed by atoms with Gasteiger partial charge in [-0.05, 0) is 37.6 Å². The van der Waals surface area contributed by atoms with Gasteiger partial charge in [0.2, 0.25) is 5.91 Å². The highest BCUT2D eigenvalue weighted by Crippen LogP contribution is 2.28. The molecule has 3 N–H and O–H groups in total. The summed E-state index contributed by atoms with van der Waals surface area (Å²) in [5.41, 5.74) is 10.6. The first-order valence-corrected chi connectivity index (χ1v) is 9.43. The summed E-state index contributed by atoms with van der Waals surface area (Å²) in [7, 11) is 0. The number of aromatic nitrogens is 2. The third kappa shape index (κ3) is 3.91. The number of carbonyl (C=O) groups excluding carboxylic acids is 2. The lowest BCUT2D eigenvalue weighted by molar-refractivity contribution is -0.117. The van der Waals surface area contributed by atoms with Crippen LogP contribution in [0.1, 0.15) is 27.2 Å².